The number of halogens is 2. The smallest absolute Gasteiger partial charge is 0.423 e. The Hall–Kier alpha value is -1.94. The fourth-order valence-corrected chi connectivity index (χ4v) is 4.65. The van der Waals surface area contributed by atoms with Crippen molar-refractivity contribution in [3.63, 3.8) is 0 Å². The Morgan fingerprint density at radius 2 is 1.96 bits per heavy atom. The van der Waals surface area contributed by atoms with E-state index in [-0.39, 0.29) is 12.5 Å². The SMILES string of the molecule is O=C(NS(=O)(=O)Oc1ccc(F)cc1F)OCC1CCC[NH+]2CCCCC12. The quantitative estimate of drug-likeness (QED) is 0.768. The summed E-state index contributed by atoms with van der Waals surface area (Å²) in [5.41, 5.74) is 0. The maximum atomic E-state index is 13.5. The van der Waals surface area contributed by atoms with Crippen molar-refractivity contribution in [1.29, 1.82) is 0 Å². The summed E-state index contributed by atoms with van der Waals surface area (Å²) in [6.45, 7) is 2.37. The van der Waals surface area contributed by atoms with Gasteiger partial charge in [0.25, 0.3) is 0 Å². The Labute approximate surface area is 156 Å². The van der Waals surface area contributed by atoms with E-state index in [9.17, 15) is 22.0 Å². The molecule has 3 atom stereocenters. The average molecular weight is 405 g/mol. The molecule has 1 amide bonds. The highest BCUT2D eigenvalue weighted by Crippen LogP contribution is 2.21. The molecule has 1 aromatic carbocycles. The van der Waals surface area contributed by atoms with E-state index in [4.69, 9.17) is 4.74 Å². The summed E-state index contributed by atoms with van der Waals surface area (Å²) in [4.78, 5) is 13.4. The monoisotopic (exact) mass is 405 g/mol. The van der Waals surface area contributed by atoms with Gasteiger partial charge >= 0.3 is 16.4 Å². The van der Waals surface area contributed by atoms with Crippen LogP contribution in [0.3, 0.4) is 0 Å². The number of amides is 1. The molecule has 2 N–H and O–H groups in total. The normalized spacial score (nSPS) is 25.3. The minimum absolute atomic E-state index is 0.125. The number of hydrogen-bond donors (Lipinski definition) is 2. The van der Waals surface area contributed by atoms with Gasteiger partial charge < -0.3 is 13.8 Å². The van der Waals surface area contributed by atoms with Crippen LogP contribution in [0.5, 0.6) is 5.75 Å². The van der Waals surface area contributed by atoms with Crippen molar-refractivity contribution in [3.8, 4) is 5.75 Å². The molecule has 3 unspecified atom stereocenters. The van der Waals surface area contributed by atoms with Crippen LogP contribution in [-0.4, -0.2) is 40.2 Å². The third-order valence-electron chi connectivity index (χ3n) is 5.16. The first-order valence-electron chi connectivity index (χ1n) is 9.03. The molecule has 0 aromatic heterocycles. The lowest BCUT2D eigenvalue weighted by molar-refractivity contribution is -0.940. The van der Waals surface area contributed by atoms with Gasteiger partial charge in [-0.15, -0.1) is 0 Å². The minimum atomic E-state index is -4.64. The van der Waals surface area contributed by atoms with E-state index in [2.05, 4.69) is 4.18 Å². The third kappa shape index (κ3) is 5.29. The number of ether oxygens (including phenoxy) is 1. The van der Waals surface area contributed by atoms with E-state index < -0.39 is 33.8 Å². The van der Waals surface area contributed by atoms with Gasteiger partial charge in [0, 0.05) is 12.0 Å². The fraction of sp³-hybridized carbons (Fsp3) is 0.588. The summed E-state index contributed by atoms with van der Waals surface area (Å²) in [6, 6.07) is 2.57. The van der Waals surface area contributed by atoms with E-state index in [0.29, 0.717) is 12.1 Å². The molecular weight excluding hydrogens is 382 g/mol. The molecule has 1 aromatic rings. The number of nitrogens with one attached hydrogen (secondary N) is 2. The fourth-order valence-electron chi connectivity index (χ4n) is 3.97. The van der Waals surface area contributed by atoms with Crippen molar-refractivity contribution in [1.82, 2.24) is 4.72 Å². The largest absolute Gasteiger partial charge is 0.448 e. The zero-order valence-electron chi connectivity index (χ0n) is 14.7. The molecule has 2 aliphatic heterocycles. The van der Waals surface area contributed by atoms with Gasteiger partial charge in [-0.2, -0.15) is 13.1 Å². The van der Waals surface area contributed by atoms with Crippen LogP contribution in [0.25, 0.3) is 0 Å². The molecule has 27 heavy (non-hydrogen) atoms. The van der Waals surface area contributed by atoms with E-state index in [1.54, 1.807) is 4.72 Å². The second-order valence-corrected chi connectivity index (χ2v) is 8.25. The number of hydrogen-bond acceptors (Lipinski definition) is 5. The molecule has 10 heteroatoms. The molecule has 2 heterocycles. The molecular formula is C17H23F2N2O5S+. The minimum Gasteiger partial charge on any atom is -0.448 e. The van der Waals surface area contributed by atoms with Gasteiger partial charge in [-0.1, -0.05) is 0 Å². The van der Waals surface area contributed by atoms with E-state index in [1.807, 2.05) is 0 Å². The highest BCUT2D eigenvalue weighted by molar-refractivity contribution is 7.85. The maximum Gasteiger partial charge on any atom is 0.423 e. The number of piperidine rings is 2. The molecule has 0 bridgehead atoms. The van der Waals surface area contributed by atoms with Crippen molar-refractivity contribution >= 4 is 16.4 Å². The highest BCUT2D eigenvalue weighted by Gasteiger charge is 2.37. The number of fused-ring (bicyclic) bond motifs is 1. The van der Waals surface area contributed by atoms with Crippen molar-refractivity contribution in [2.24, 2.45) is 5.92 Å². The van der Waals surface area contributed by atoms with Gasteiger partial charge in [-0.05, 0) is 44.2 Å². The Kier molecular flexibility index (Phi) is 6.15. The molecule has 0 saturated carbocycles. The predicted octanol–water partition coefficient (Wildman–Crippen LogP) is 1.16. The second kappa shape index (κ2) is 8.39. The van der Waals surface area contributed by atoms with E-state index in [0.717, 1.165) is 50.9 Å². The summed E-state index contributed by atoms with van der Waals surface area (Å²) in [5, 5.41) is 0. The standard InChI is InChI=1S/C17H22F2N2O5S/c18-13-6-7-16(14(19)10-13)26-27(23,24)20-17(22)25-11-12-4-3-9-21-8-2-1-5-15(12)21/h6-7,10,12,15H,1-5,8-9,11H2,(H,20,22)/p+1. The van der Waals surface area contributed by atoms with Crippen LogP contribution in [0.2, 0.25) is 0 Å². The lowest BCUT2D eigenvalue weighted by Gasteiger charge is -2.40. The van der Waals surface area contributed by atoms with Crippen LogP contribution in [0.1, 0.15) is 32.1 Å². The van der Waals surface area contributed by atoms with Crippen LogP contribution in [0.4, 0.5) is 13.6 Å². The molecule has 150 valence electrons. The first-order valence-corrected chi connectivity index (χ1v) is 10.4. The van der Waals surface area contributed by atoms with Crippen LogP contribution in [0.15, 0.2) is 18.2 Å². The van der Waals surface area contributed by atoms with Gasteiger partial charge in [-0.25, -0.2) is 13.6 Å². The topological polar surface area (TPSA) is 86.1 Å². The highest BCUT2D eigenvalue weighted by atomic mass is 32.2. The maximum absolute atomic E-state index is 13.5. The van der Waals surface area contributed by atoms with Crippen LogP contribution in [-0.2, 0) is 15.0 Å². The predicted molar refractivity (Wildman–Crippen MR) is 91.4 cm³/mol. The lowest BCUT2D eigenvalue weighted by Crippen LogP contribution is -3.18. The summed E-state index contributed by atoms with van der Waals surface area (Å²) in [6.07, 6.45) is 4.24. The first-order chi connectivity index (χ1) is 12.8. The molecule has 0 aliphatic carbocycles. The first kappa shape index (κ1) is 19.8. The van der Waals surface area contributed by atoms with Gasteiger partial charge in [-0.3, -0.25) is 0 Å². The zero-order valence-corrected chi connectivity index (χ0v) is 15.6. The number of carbonyl (C=O) groups is 1. The Morgan fingerprint density at radius 3 is 2.74 bits per heavy atom. The molecule has 2 saturated heterocycles. The van der Waals surface area contributed by atoms with Crippen molar-refractivity contribution in [3.05, 3.63) is 29.8 Å². The Morgan fingerprint density at radius 1 is 1.19 bits per heavy atom. The average Bonchev–Trinajstić information content (AvgIpc) is 2.62. The second-order valence-electron chi connectivity index (χ2n) is 6.98. The van der Waals surface area contributed by atoms with Crippen molar-refractivity contribution in [2.75, 3.05) is 19.7 Å². The van der Waals surface area contributed by atoms with Gasteiger partial charge in [0.15, 0.2) is 11.6 Å². The Balaban J connectivity index is 1.52. The summed E-state index contributed by atoms with van der Waals surface area (Å²) in [7, 11) is -4.64. The molecule has 0 radical (unpaired) electrons. The van der Waals surface area contributed by atoms with Crippen LogP contribution in [0, 0.1) is 17.6 Å². The van der Waals surface area contributed by atoms with E-state index in [1.165, 1.54) is 11.3 Å². The summed E-state index contributed by atoms with van der Waals surface area (Å²) >= 11 is 0. The number of carbonyl (C=O) groups excluding carboxylic acids is 1. The van der Waals surface area contributed by atoms with Crippen LogP contribution < -0.4 is 13.8 Å². The molecule has 3 rings (SSSR count). The molecule has 2 aliphatic rings. The summed E-state index contributed by atoms with van der Waals surface area (Å²) < 4.78 is 61.1. The van der Waals surface area contributed by atoms with Gasteiger partial charge in [0.2, 0.25) is 0 Å². The molecule has 0 spiro atoms. The summed E-state index contributed by atoms with van der Waals surface area (Å²) in [5.74, 6) is -2.60. The zero-order chi connectivity index (χ0) is 19.4. The lowest BCUT2D eigenvalue weighted by atomic mass is 9.84. The van der Waals surface area contributed by atoms with Gasteiger partial charge in [0.05, 0.1) is 19.1 Å². The molecule has 7 nitrogen and oxygen atoms in total. The molecule has 2 fully saturated rings. The third-order valence-corrected chi connectivity index (χ3v) is 5.98. The number of rotatable bonds is 5. The number of quaternary nitrogens is 1. The van der Waals surface area contributed by atoms with Crippen molar-refractivity contribution in [2.45, 2.75) is 38.1 Å². The van der Waals surface area contributed by atoms with Crippen molar-refractivity contribution < 1.29 is 35.8 Å². The number of benzene rings is 1. The van der Waals surface area contributed by atoms with Gasteiger partial charge in [0.1, 0.15) is 12.4 Å². The van der Waals surface area contributed by atoms with Crippen LogP contribution >= 0.6 is 0 Å². The van der Waals surface area contributed by atoms with E-state index >= 15 is 0 Å². The Bertz CT molecular complexity index is 788.